The fraction of sp³-hybridized carbons (Fsp3) is 0.455. The van der Waals surface area contributed by atoms with Crippen LogP contribution in [0.25, 0.3) is 0 Å². The molecule has 88 valence electrons. The first-order chi connectivity index (χ1) is 7.43. The van der Waals surface area contributed by atoms with E-state index in [0.717, 1.165) is 0 Å². The first kappa shape index (κ1) is 11.1. The summed E-state index contributed by atoms with van der Waals surface area (Å²) < 4.78 is 37.8. The third-order valence-corrected chi connectivity index (χ3v) is 2.65. The average molecular weight is 229 g/mol. The lowest BCUT2D eigenvalue weighted by Crippen LogP contribution is -2.36. The van der Waals surface area contributed by atoms with E-state index in [2.05, 4.69) is 0 Å². The monoisotopic (exact) mass is 229 g/mol. The van der Waals surface area contributed by atoms with E-state index in [4.69, 9.17) is 15.2 Å². The number of alkyl halides is 2. The first-order valence-electron chi connectivity index (χ1n) is 4.97. The van der Waals surface area contributed by atoms with Crippen LogP contribution in [0.5, 0.6) is 11.5 Å². The largest absolute Gasteiger partial charge is 0.454 e. The molecule has 2 rings (SSSR count). The van der Waals surface area contributed by atoms with Crippen molar-refractivity contribution < 1.29 is 18.3 Å². The van der Waals surface area contributed by atoms with Crippen LogP contribution in [0.2, 0.25) is 0 Å². The van der Waals surface area contributed by atoms with Crippen molar-refractivity contribution in [2.75, 3.05) is 6.79 Å². The number of benzene rings is 1. The first-order valence-corrected chi connectivity index (χ1v) is 4.97. The Hall–Kier alpha value is -1.36. The summed E-state index contributed by atoms with van der Waals surface area (Å²) in [5.74, 6) is -2.21. The van der Waals surface area contributed by atoms with Gasteiger partial charge in [0.25, 0.3) is 5.92 Å². The zero-order valence-corrected chi connectivity index (χ0v) is 9.09. The summed E-state index contributed by atoms with van der Waals surface area (Å²) in [5.41, 5.74) is 5.64. The van der Waals surface area contributed by atoms with Crippen molar-refractivity contribution in [3.8, 4) is 11.5 Å². The van der Waals surface area contributed by atoms with E-state index in [1.54, 1.807) is 13.0 Å². The molecule has 1 aromatic rings. The second-order valence-electron chi connectivity index (χ2n) is 3.93. The van der Waals surface area contributed by atoms with Crippen LogP contribution in [0.4, 0.5) is 8.78 Å². The maximum atomic E-state index is 13.8. The Bertz CT molecular complexity index is 419. The molecule has 0 fully saturated rings. The fourth-order valence-corrected chi connectivity index (χ4v) is 1.65. The van der Waals surface area contributed by atoms with Gasteiger partial charge in [-0.25, -0.2) is 0 Å². The Morgan fingerprint density at radius 3 is 2.44 bits per heavy atom. The molecule has 5 heteroatoms. The predicted molar refractivity (Wildman–Crippen MR) is 54.8 cm³/mol. The summed E-state index contributed by atoms with van der Waals surface area (Å²) in [4.78, 5) is 0. The van der Waals surface area contributed by atoms with E-state index < -0.39 is 12.0 Å². The summed E-state index contributed by atoms with van der Waals surface area (Å²) in [7, 11) is 0. The molecule has 0 aliphatic carbocycles. The van der Waals surface area contributed by atoms with E-state index in [1.807, 2.05) is 0 Å². The highest BCUT2D eigenvalue weighted by Gasteiger charge is 2.38. The summed E-state index contributed by atoms with van der Waals surface area (Å²) in [5, 5.41) is 0. The number of fused-ring (bicyclic) bond motifs is 1. The Morgan fingerprint density at radius 2 is 1.88 bits per heavy atom. The van der Waals surface area contributed by atoms with Gasteiger partial charge in [-0.1, -0.05) is 0 Å². The highest BCUT2D eigenvalue weighted by molar-refractivity contribution is 5.49. The van der Waals surface area contributed by atoms with Gasteiger partial charge in [-0.15, -0.1) is 0 Å². The molecule has 0 saturated carbocycles. The van der Waals surface area contributed by atoms with Gasteiger partial charge in [0.05, 0.1) is 6.04 Å². The van der Waals surface area contributed by atoms with Gasteiger partial charge in [-0.05, 0) is 31.5 Å². The lowest BCUT2D eigenvalue weighted by molar-refractivity contribution is -0.0263. The van der Waals surface area contributed by atoms with Crippen molar-refractivity contribution in [2.24, 2.45) is 5.73 Å². The number of hydrogen-bond donors (Lipinski definition) is 1. The van der Waals surface area contributed by atoms with E-state index in [-0.39, 0.29) is 12.4 Å². The van der Waals surface area contributed by atoms with E-state index >= 15 is 0 Å². The number of aryl methyl sites for hydroxylation is 1. The molecule has 0 aromatic heterocycles. The van der Waals surface area contributed by atoms with Crippen molar-refractivity contribution in [1.29, 1.82) is 0 Å². The van der Waals surface area contributed by atoms with E-state index in [0.29, 0.717) is 17.1 Å². The summed E-state index contributed by atoms with van der Waals surface area (Å²) >= 11 is 0. The molecule has 1 heterocycles. The normalized spacial score (nSPS) is 16.3. The lowest BCUT2D eigenvalue weighted by Gasteiger charge is -2.22. The molecule has 1 aliphatic heterocycles. The third kappa shape index (κ3) is 1.61. The van der Waals surface area contributed by atoms with Gasteiger partial charge in [0.2, 0.25) is 6.79 Å². The van der Waals surface area contributed by atoms with Gasteiger partial charge in [-0.2, -0.15) is 8.78 Å². The molecule has 0 amide bonds. The minimum atomic E-state index is -3.06. The molecule has 1 aliphatic rings. The van der Waals surface area contributed by atoms with Crippen LogP contribution < -0.4 is 15.2 Å². The van der Waals surface area contributed by atoms with Crippen molar-refractivity contribution in [3.63, 3.8) is 0 Å². The molecule has 1 unspecified atom stereocenters. The lowest BCUT2D eigenvalue weighted by atomic mass is 9.97. The smallest absolute Gasteiger partial charge is 0.288 e. The second-order valence-corrected chi connectivity index (χ2v) is 3.93. The number of halogens is 2. The number of ether oxygens (including phenoxy) is 2. The van der Waals surface area contributed by atoms with Gasteiger partial charge >= 0.3 is 0 Å². The zero-order chi connectivity index (χ0) is 11.9. The van der Waals surface area contributed by atoms with Crippen molar-refractivity contribution in [1.82, 2.24) is 0 Å². The molecule has 0 spiro atoms. The van der Waals surface area contributed by atoms with E-state index in [1.165, 1.54) is 13.0 Å². The maximum Gasteiger partial charge on any atom is 0.288 e. The molecular formula is C11H13F2NO2. The Morgan fingerprint density at radius 1 is 1.31 bits per heavy atom. The van der Waals surface area contributed by atoms with Crippen LogP contribution in [-0.4, -0.2) is 12.8 Å². The summed E-state index contributed by atoms with van der Waals surface area (Å²) in [6.07, 6.45) is 0. The summed E-state index contributed by atoms with van der Waals surface area (Å²) in [6.45, 7) is 2.96. The fourth-order valence-electron chi connectivity index (χ4n) is 1.65. The third-order valence-electron chi connectivity index (χ3n) is 2.65. The number of hydrogen-bond acceptors (Lipinski definition) is 3. The standard InChI is InChI=1S/C11H13F2NO2/c1-6-3-9-10(16-5-15-9)4-8(6)11(12,13)7(2)14/h3-4,7H,5,14H2,1-2H3. The SMILES string of the molecule is Cc1cc2c(cc1C(F)(F)C(C)N)OCO2. The van der Waals surface area contributed by atoms with Crippen molar-refractivity contribution in [2.45, 2.75) is 25.8 Å². The molecular weight excluding hydrogens is 216 g/mol. The number of rotatable bonds is 2. The van der Waals surface area contributed by atoms with Gasteiger partial charge in [0.1, 0.15) is 0 Å². The Labute approximate surface area is 92.1 Å². The predicted octanol–water partition coefficient (Wildman–Crippen LogP) is 2.16. The van der Waals surface area contributed by atoms with Gasteiger partial charge < -0.3 is 15.2 Å². The topological polar surface area (TPSA) is 44.5 Å². The molecule has 0 radical (unpaired) electrons. The van der Waals surface area contributed by atoms with Crippen LogP contribution >= 0.6 is 0 Å². The van der Waals surface area contributed by atoms with Crippen LogP contribution in [0.15, 0.2) is 12.1 Å². The van der Waals surface area contributed by atoms with Crippen LogP contribution in [0.1, 0.15) is 18.1 Å². The molecule has 0 bridgehead atoms. The van der Waals surface area contributed by atoms with E-state index in [9.17, 15) is 8.78 Å². The quantitative estimate of drug-likeness (QED) is 0.845. The highest BCUT2D eigenvalue weighted by Crippen LogP contribution is 2.41. The molecule has 1 atom stereocenters. The second kappa shape index (κ2) is 3.59. The minimum absolute atomic E-state index is 0.0714. The molecule has 16 heavy (non-hydrogen) atoms. The van der Waals surface area contributed by atoms with Crippen LogP contribution in [0.3, 0.4) is 0 Å². The highest BCUT2D eigenvalue weighted by atomic mass is 19.3. The van der Waals surface area contributed by atoms with Crippen molar-refractivity contribution in [3.05, 3.63) is 23.3 Å². The minimum Gasteiger partial charge on any atom is -0.454 e. The van der Waals surface area contributed by atoms with Gasteiger partial charge in [0, 0.05) is 5.56 Å². The van der Waals surface area contributed by atoms with Gasteiger partial charge in [0.15, 0.2) is 11.5 Å². The summed E-state index contributed by atoms with van der Waals surface area (Å²) in [6, 6.07) is 1.61. The van der Waals surface area contributed by atoms with Crippen molar-refractivity contribution >= 4 is 0 Å². The molecule has 1 aromatic carbocycles. The Kier molecular flexibility index (Phi) is 2.50. The van der Waals surface area contributed by atoms with Crippen LogP contribution in [-0.2, 0) is 5.92 Å². The molecule has 0 saturated heterocycles. The number of nitrogens with two attached hydrogens (primary N) is 1. The molecule has 2 N–H and O–H groups in total. The van der Waals surface area contributed by atoms with Gasteiger partial charge in [-0.3, -0.25) is 0 Å². The Balaban J connectivity index is 2.50. The maximum absolute atomic E-state index is 13.8. The zero-order valence-electron chi connectivity index (χ0n) is 9.09. The van der Waals surface area contributed by atoms with Crippen LogP contribution in [0, 0.1) is 6.92 Å². The molecule has 3 nitrogen and oxygen atoms in total. The average Bonchev–Trinajstić information content (AvgIpc) is 2.62.